The van der Waals surface area contributed by atoms with E-state index in [0.717, 1.165) is 39.6 Å². The molecule has 0 aliphatic carbocycles. The maximum Gasteiger partial charge on any atom is 0.156 e. The summed E-state index contributed by atoms with van der Waals surface area (Å²) in [5.41, 5.74) is 5.92. The fourth-order valence-electron chi connectivity index (χ4n) is 2.82. The zero-order chi connectivity index (χ0) is 16.5. The standard InChI is InChI=1S/C20H17N3O/c1-14-12-19(16-6-4-3-5-7-16)23-20(21-14)13-18(22-23)15-8-10-17(24-2)11-9-15/h3-13H,1-2H3. The Labute approximate surface area is 140 Å². The first-order valence-electron chi connectivity index (χ1n) is 7.82. The molecule has 2 heterocycles. The van der Waals surface area contributed by atoms with Crippen molar-refractivity contribution in [2.24, 2.45) is 0 Å². The Kier molecular flexibility index (Phi) is 3.50. The van der Waals surface area contributed by atoms with E-state index < -0.39 is 0 Å². The van der Waals surface area contributed by atoms with E-state index in [-0.39, 0.29) is 0 Å². The summed E-state index contributed by atoms with van der Waals surface area (Å²) in [5.74, 6) is 0.835. The molecule has 0 aliphatic rings. The van der Waals surface area contributed by atoms with Crippen LogP contribution >= 0.6 is 0 Å². The number of methoxy groups -OCH3 is 1. The van der Waals surface area contributed by atoms with E-state index in [4.69, 9.17) is 9.84 Å². The summed E-state index contributed by atoms with van der Waals surface area (Å²) in [6.07, 6.45) is 0. The summed E-state index contributed by atoms with van der Waals surface area (Å²) < 4.78 is 7.12. The molecule has 0 bridgehead atoms. The molecule has 0 atom stereocenters. The molecule has 4 aromatic rings. The minimum Gasteiger partial charge on any atom is -0.497 e. The fourth-order valence-corrected chi connectivity index (χ4v) is 2.82. The molecule has 4 rings (SSSR count). The van der Waals surface area contributed by atoms with Gasteiger partial charge < -0.3 is 4.74 Å². The lowest BCUT2D eigenvalue weighted by atomic mass is 10.1. The van der Waals surface area contributed by atoms with Crippen LogP contribution in [0.5, 0.6) is 5.75 Å². The van der Waals surface area contributed by atoms with E-state index in [1.165, 1.54) is 0 Å². The van der Waals surface area contributed by atoms with Gasteiger partial charge in [-0.3, -0.25) is 0 Å². The molecule has 0 amide bonds. The number of ether oxygens (including phenoxy) is 1. The number of aryl methyl sites for hydroxylation is 1. The second-order valence-corrected chi connectivity index (χ2v) is 5.68. The van der Waals surface area contributed by atoms with Crippen LogP contribution in [0.4, 0.5) is 0 Å². The molecule has 24 heavy (non-hydrogen) atoms. The normalized spacial score (nSPS) is 10.9. The molecular weight excluding hydrogens is 298 g/mol. The largest absolute Gasteiger partial charge is 0.497 e. The van der Waals surface area contributed by atoms with Crippen molar-refractivity contribution in [1.29, 1.82) is 0 Å². The Morgan fingerprint density at radius 1 is 0.875 bits per heavy atom. The van der Waals surface area contributed by atoms with E-state index >= 15 is 0 Å². The molecule has 0 unspecified atom stereocenters. The molecule has 2 aromatic carbocycles. The van der Waals surface area contributed by atoms with Gasteiger partial charge in [0.2, 0.25) is 0 Å². The van der Waals surface area contributed by atoms with Crippen LogP contribution in [0, 0.1) is 6.92 Å². The molecule has 0 spiro atoms. The van der Waals surface area contributed by atoms with Crippen molar-refractivity contribution in [2.75, 3.05) is 7.11 Å². The van der Waals surface area contributed by atoms with E-state index in [0.29, 0.717) is 0 Å². The van der Waals surface area contributed by atoms with E-state index in [9.17, 15) is 0 Å². The van der Waals surface area contributed by atoms with Crippen LogP contribution in [-0.4, -0.2) is 21.7 Å². The number of rotatable bonds is 3. The van der Waals surface area contributed by atoms with Gasteiger partial charge >= 0.3 is 0 Å². The van der Waals surface area contributed by atoms with Gasteiger partial charge in [-0.25, -0.2) is 9.50 Å². The van der Waals surface area contributed by atoms with Crippen molar-refractivity contribution in [1.82, 2.24) is 14.6 Å². The van der Waals surface area contributed by atoms with Gasteiger partial charge in [0.25, 0.3) is 0 Å². The van der Waals surface area contributed by atoms with Gasteiger partial charge in [-0.05, 0) is 37.3 Å². The zero-order valence-electron chi connectivity index (χ0n) is 13.6. The molecule has 2 aromatic heterocycles. The maximum absolute atomic E-state index is 5.22. The average molecular weight is 315 g/mol. The van der Waals surface area contributed by atoms with Crippen LogP contribution in [0.1, 0.15) is 5.69 Å². The predicted molar refractivity (Wildman–Crippen MR) is 95.1 cm³/mol. The minimum atomic E-state index is 0.835. The van der Waals surface area contributed by atoms with Crippen LogP contribution in [0.25, 0.3) is 28.2 Å². The first-order valence-corrected chi connectivity index (χ1v) is 7.82. The highest BCUT2D eigenvalue weighted by molar-refractivity contribution is 5.69. The van der Waals surface area contributed by atoms with Crippen molar-refractivity contribution in [3.63, 3.8) is 0 Å². The third-order valence-electron chi connectivity index (χ3n) is 4.01. The number of fused-ring (bicyclic) bond motifs is 1. The maximum atomic E-state index is 5.22. The topological polar surface area (TPSA) is 39.4 Å². The van der Waals surface area contributed by atoms with Crippen molar-refractivity contribution >= 4 is 5.65 Å². The molecule has 0 fully saturated rings. The van der Waals surface area contributed by atoms with Gasteiger partial charge in [0.1, 0.15) is 5.75 Å². The molecule has 0 saturated carbocycles. The van der Waals surface area contributed by atoms with Crippen molar-refractivity contribution in [2.45, 2.75) is 6.92 Å². The highest BCUT2D eigenvalue weighted by atomic mass is 16.5. The van der Waals surface area contributed by atoms with Crippen LogP contribution in [0.3, 0.4) is 0 Å². The molecule has 0 N–H and O–H groups in total. The molecule has 0 aliphatic heterocycles. The van der Waals surface area contributed by atoms with Crippen molar-refractivity contribution in [3.8, 4) is 28.3 Å². The first kappa shape index (κ1) is 14.5. The molecular formula is C20H17N3O. The van der Waals surface area contributed by atoms with Crippen LogP contribution in [-0.2, 0) is 0 Å². The van der Waals surface area contributed by atoms with Gasteiger partial charge in [0, 0.05) is 22.9 Å². The Hall–Kier alpha value is -3.14. The SMILES string of the molecule is COc1ccc(-c2cc3nc(C)cc(-c4ccccc4)n3n2)cc1. The average Bonchev–Trinajstić information content (AvgIpc) is 3.05. The van der Waals surface area contributed by atoms with Gasteiger partial charge in [0.05, 0.1) is 18.5 Å². The summed E-state index contributed by atoms with van der Waals surface area (Å²) in [5, 5.41) is 4.77. The third-order valence-corrected chi connectivity index (χ3v) is 4.01. The van der Waals surface area contributed by atoms with Gasteiger partial charge in [-0.1, -0.05) is 30.3 Å². The van der Waals surface area contributed by atoms with Gasteiger partial charge in [-0.2, -0.15) is 5.10 Å². The number of hydrogen-bond donors (Lipinski definition) is 0. The Morgan fingerprint density at radius 3 is 2.33 bits per heavy atom. The quantitative estimate of drug-likeness (QED) is 0.563. The summed E-state index contributed by atoms with van der Waals surface area (Å²) in [7, 11) is 1.67. The van der Waals surface area contributed by atoms with Crippen LogP contribution in [0.2, 0.25) is 0 Å². The Balaban J connectivity index is 1.88. The van der Waals surface area contributed by atoms with Crippen molar-refractivity contribution < 1.29 is 4.74 Å². The minimum absolute atomic E-state index is 0.835. The van der Waals surface area contributed by atoms with Crippen LogP contribution < -0.4 is 4.74 Å². The molecule has 0 saturated heterocycles. The summed E-state index contributed by atoms with van der Waals surface area (Å²) in [6, 6.07) is 22.2. The number of aromatic nitrogens is 3. The Morgan fingerprint density at radius 2 is 1.62 bits per heavy atom. The number of benzene rings is 2. The Bertz CT molecular complexity index is 989. The molecule has 118 valence electrons. The van der Waals surface area contributed by atoms with E-state index in [1.807, 2.05) is 60.0 Å². The second-order valence-electron chi connectivity index (χ2n) is 5.68. The summed E-state index contributed by atoms with van der Waals surface area (Å²) in [4.78, 5) is 4.62. The zero-order valence-corrected chi connectivity index (χ0v) is 13.6. The fraction of sp³-hybridized carbons (Fsp3) is 0.100. The number of nitrogens with zero attached hydrogens (tertiary/aromatic N) is 3. The number of hydrogen-bond acceptors (Lipinski definition) is 3. The van der Waals surface area contributed by atoms with Crippen LogP contribution in [0.15, 0.2) is 66.7 Å². The summed E-state index contributed by atoms with van der Waals surface area (Å²) in [6.45, 7) is 2.01. The van der Waals surface area contributed by atoms with E-state index in [2.05, 4.69) is 23.2 Å². The molecule has 4 heteroatoms. The molecule has 4 nitrogen and oxygen atoms in total. The third kappa shape index (κ3) is 2.52. The lowest BCUT2D eigenvalue weighted by molar-refractivity contribution is 0.415. The monoisotopic (exact) mass is 315 g/mol. The van der Waals surface area contributed by atoms with Crippen molar-refractivity contribution in [3.05, 3.63) is 72.4 Å². The lowest BCUT2D eigenvalue weighted by Crippen LogP contribution is -1.97. The highest BCUT2D eigenvalue weighted by Gasteiger charge is 2.11. The first-order chi connectivity index (χ1) is 11.7. The smallest absolute Gasteiger partial charge is 0.156 e. The van der Waals surface area contributed by atoms with E-state index in [1.54, 1.807) is 7.11 Å². The summed E-state index contributed by atoms with van der Waals surface area (Å²) >= 11 is 0. The van der Waals surface area contributed by atoms with Gasteiger partial charge in [-0.15, -0.1) is 0 Å². The lowest BCUT2D eigenvalue weighted by Gasteiger charge is -2.06. The second kappa shape index (κ2) is 5.81. The highest BCUT2D eigenvalue weighted by Crippen LogP contribution is 2.26. The predicted octanol–water partition coefficient (Wildman–Crippen LogP) is 4.38. The van der Waals surface area contributed by atoms with Gasteiger partial charge in [0.15, 0.2) is 5.65 Å². The molecule has 0 radical (unpaired) electrons.